The third-order valence-electron chi connectivity index (χ3n) is 8.28. The summed E-state index contributed by atoms with van der Waals surface area (Å²) < 4.78 is 10.3. The van der Waals surface area contributed by atoms with E-state index in [0.717, 1.165) is 64.2 Å². The molecule has 0 aliphatic rings. The molecule has 0 radical (unpaired) electrons. The molecular weight excluding hydrogens is 548 g/mol. The highest BCUT2D eigenvalue weighted by molar-refractivity contribution is 5.71. The summed E-state index contributed by atoms with van der Waals surface area (Å²) >= 11 is 0. The number of esters is 2. The highest BCUT2D eigenvalue weighted by atomic mass is 16.8. The van der Waals surface area contributed by atoms with Crippen molar-refractivity contribution < 1.29 is 24.2 Å². The number of hydrogen-bond donors (Lipinski definition) is 1. The van der Waals surface area contributed by atoms with Gasteiger partial charge in [0.2, 0.25) is 0 Å². The standard InChI is InChI=1S/C39H72O5/c1-4-7-9-11-13-15-17-19-21-23-25-27-29-31-33-35-37(40)43-39(42,6-3)44-38(41)36-34-32-30-28-26-24-22-20-18-16-14-12-10-8-5-2/h19-22,42H,4-18,23-36H2,1-3H3/b21-19-,22-20-. The maximum atomic E-state index is 12.3. The van der Waals surface area contributed by atoms with Gasteiger partial charge in [-0.1, -0.05) is 148 Å². The van der Waals surface area contributed by atoms with Crippen LogP contribution >= 0.6 is 0 Å². The highest BCUT2D eigenvalue weighted by Crippen LogP contribution is 2.19. The minimum Gasteiger partial charge on any atom is -0.398 e. The molecule has 0 aliphatic carbocycles. The van der Waals surface area contributed by atoms with Crippen molar-refractivity contribution in [2.45, 2.75) is 213 Å². The molecule has 258 valence electrons. The molecule has 0 heterocycles. The molecule has 0 aliphatic heterocycles. The first-order chi connectivity index (χ1) is 21.5. The second-order valence-corrected chi connectivity index (χ2v) is 12.7. The van der Waals surface area contributed by atoms with Gasteiger partial charge in [0.1, 0.15) is 0 Å². The van der Waals surface area contributed by atoms with Crippen molar-refractivity contribution >= 4 is 11.9 Å². The fourth-order valence-corrected chi connectivity index (χ4v) is 5.30. The second-order valence-electron chi connectivity index (χ2n) is 12.7. The van der Waals surface area contributed by atoms with E-state index < -0.39 is 17.9 Å². The van der Waals surface area contributed by atoms with Crippen LogP contribution in [0.5, 0.6) is 0 Å². The number of hydrogen-bond acceptors (Lipinski definition) is 5. The summed E-state index contributed by atoms with van der Waals surface area (Å²) in [5.41, 5.74) is 0. The van der Waals surface area contributed by atoms with Crippen LogP contribution in [0.4, 0.5) is 0 Å². The van der Waals surface area contributed by atoms with E-state index in [-0.39, 0.29) is 19.3 Å². The Morgan fingerprint density at radius 2 is 0.727 bits per heavy atom. The van der Waals surface area contributed by atoms with E-state index in [2.05, 4.69) is 38.2 Å². The summed E-state index contributed by atoms with van der Waals surface area (Å²) in [5, 5.41) is 10.5. The lowest BCUT2D eigenvalue weighted by Gasteiger charge is -2.25. The Kier molecular flexibility index (Phi) is 31.6. The van der Waals surface area contributed by atoms with Crippen LogP contribution in [0.1, 0.15) is 207 Å². The summed E-state index contributed by atoms with van der Waals surface area (Å²) in [5.74, 6) is -3.18. The molecule has 0 unspecified atom stereocenters. The lowest BCUT2D eigenvalue weighted by atomic mass is 10.1. The third-order valence-corrected chi connectivity index (χ3v) is 8.28. The molecule has 0 aromatic carbocycles. The Morgan fingerprint density at radius 3 is 1.02 bits per heavy atom. The number of unbranched alkanes of at least 4 members (excludes halogenated alkanes) is 22. The minimum atomic E-state index is -2.15. The van der Waals surface area contributed by atoms with Crippen molar-refractivity contribution in [1.82, 2.24) is 0 Å². The largest absolute Gasteiger partial charge is 0.398 e. The predicted octanol–water partition coefficient (Wildman–Crippen LogP) is 12.2. The monoisotopic (exact) mass is 621 g/mol. The SMILES string of the molecule is CCCCCCCC/C=C\CCCCCCCC(=O)OC(O)(CC)OC(=O)CCCCCCC/C=C\CCCCCCCC. The molecule has 0 amide bonds. The van der Waals surface area contributed by atoms with Gasteiger partial charge < -0.3 is 14.6 Å². The molecule has 0 bridgehead atoms. The Morgan fingerprint density at radius 1 is 0.455 bits per heavy atom. The van der Waals surface area contributed by atoms with Crippen molar-refractivity contribution in [3.63, 3.8) is 0 Å². The normalized spacial score (nSPS) is 12.0. The first kappa shape index (κ1) is 42.4. The summed E-state index contributed by atoms with van der Waals surface area (Å²) in [4.78, 5) is 24.5. The summed E-state index contributed by atoms with van der Waals surface area (Å²) in [6.07, 6.45) is 40.8. The van der Waals surface area contributed by atoms with Crippen molar-refractivity contribution in [2.24, 2.45) is 0 Å². The molecule has 5 heteroatoms. The van der Waals surface area contributed by atoms with Gasteiger partial charge in [-0.15, -0.1) is 0 Å². The van der Waals surface area contributed by atoms with Crippen LogP contribution in [0.25, 0.3) is 0 Å². The van der Waals surface area contributed by atoms with Crippen molar-refractivity contribution in [1.29, 1.82) is 0 Å². The molecule has 0 fully saturated rings. The average molecular weight is 621 g/mol. The molecule has 5 nitrogen and oxygen atoms in total. The van der Waals surface area contributed by atoms with Gasteiger partial charge in [-0.3, -0.25) is 9.59 Å². The molecule has 0 rings (SSSR count). The van der Waals surface area contributed by atoms with Crippen LogP contribution in [-0.4, -0.2) is 23.0 Å². The summed E-state index contributed by atoms with van der Waals surface area (Å²) in [7, 11) is 0. The van der Waals surface area contributed by atoms with Gasteiger partial charge in [-0.05, 0) is 64.2 Å². The third kappa shape index (κ3) is 30.4. The van der Waals surface area contributed by atoms with Crippen molar-refractivity contribution in [3.8, 4) is 0 Å². The van der Waals surface area contributed by atoms with Crippen molar-refractivity contribution in [2.75, 3.05) is 0 Å². The second kappa shape index (κ2) is 32.8. The van der Waals surface area contributed by atoms with Crippen LogP contribution < -0.4 is 0 Å². The van der Waals surface area contributed by atoms with Gasteiger partial charge in [0.25, 0.3) is 0 Å². The van der Waals surface area contributed by atoms with Gasteiger partial charge >= 0.3 is 17.9 Å². The van der Waals surface area contributed by atoms with E-state index in [4.69, 9.17) is 9.47 Å². The first-order valence-corrected chi connectivity index (χ1v) is 18.9. The van der Waals surface area contributed by atoms with Gasteiger partial charge in [0.05, 0.1) is 6.42 Å². The van der Waals surface area contributed by atoms with E-state index in [1.165, 1.54) is 103 Å². The van der Waals surface area contributed by atoms with E-state index in [1.807, 2.05) is 0 Å². The van der Waals surface area contributed by atoms with Gasteiger partial charge in [0.15, 0.2) is 0 Å². The van der Waals surface area contributed by atoms with E-state index >= 15 is 0 Å². The van der Waals surface area contributed by atoms with E-state index in [9.17, 15) is 14.7 Å². The Bertz CT molecular complexity index is 645. The van der Waals surface area contributed by atoms with Gasteiger partial charge in [-0.2, -0.15) is 0 Å². The number of ether oxygens (including phenoxy) is 2. The molecule has 1 N–H and O–H groups in total. The predicted molar refractivity (Wildman–Crippen MR) is 186 cm³/mol. The highest BCUT2D eigenvalue weighted by Gasteiger charge is 2.34. The fourth-order valence-electron chi connectivity index (χ4n) is 5.30. The number of carbonyl (C=O) groups is 2. The Labute approximate surface area is 273 Å². The summed E-state index contributed by atoms with van der Waals surface area (Å²) in [6, 6.07) is 0. The molecule has 0 saturated carbocycles. The van der Waals surface area contributed by atoms with Crippen LogP contribution in [0, 0.1) is 0 Å². The van der Waals surface area contributed by atoms with E-state index in [1.54, 1.807) is 6.92 Å². The average Bonchev–Trinajstić information content (AvgIpc) is 3.01. The smallest absolute Gasteiger partial charge is 0.372 e. The quantitative estimate of drug-likeness (QED) is 0.0342. The summed E-state index contributed by atoms with van der Waals surface area (Å²) in [6.45, 7) is 6.15. The van der Waals surface area contributed by atoms with Gasteiger partial charge in [-0.25, -0.2) is 0 Å². The number of allylic oxidation sites excluding steroid dienone is 4. The van der Waals surface area contributed by atoms with E-state index in [0.29, 0.717) is 0 Å². The molecular formula is C39H72O5. The van der Waals surface area contributed by atoms with Crippen LogP contribution in [0.15, 0.2) is 24.3 Å². The number of rotatable bonds is 33. The zero-order valence-electron chi connectivity index (χ0n) is 29.4. The zero-order valence-corrected chi connectivity index (χ0v) is 29.4. The molecule has 0 atom stereocenters. The topological polar surface area (TPSA) is 72.8 Å². The number of carbonyl (C=O) groups excluding carboxylic acids is 2. The fraction of sp³-hybridized carbons (Fsp3) is 0.846. The lowest BCUT2D eigenvalue weighted by molar-refractivity contribution is -0.326. The Hall–Kier alpha value is -1.62. The Balaban J connectivity index is 3.73. The first-order valence-electron chi connectivity index (χ1n) is 18.9. The number of aliphatic hydroxyl groups is 1. The molecule has 0 saturated heterocycles. The van der Waals surface area contributed by atoms with Crippen molar-refractivity contribution in [3.05, 3.63) is 24.3 Å². The molecule has 0 spiro atoms. The maximum Gasteiger partial charge on any atom is 0.372 e. The minimum absolute atomic E-state index is 0.0171. The molecule has 0 aromatic rings. The van der Waals surface area contributed by atoms with Gasteiger partial charge in [0, 0.05) is 12.8 Å². The molecule has 0 aromatic heterocycles. The van der Waals surface area contributed by atoms with Crippen LogP contribution in [-0.2, 0) is 19.1 Å². The zero-order chi connectivity index (χ0) is 32.4. The molecule has 44 heavy (non-hydrogen) atoms. The van der Waals surface area contributed by atoms with Crippen LogP contribution in [0.3, 0.4) is 0 Å². The van der Waals surface area contributed by atoms with Crippen LogP contribution in [0.2, 0.25) is 0 Å². The lowest BCUT2D eigenvalue weighted by Crippen LogP contribution is -2.39. The maximum absolute atomic E-state index is 12.3.